The van der Waals surface area contributed by atoms with Crippen LogP contribution in [0.25, 0.3) is 0 Å². The molecule has 7 heteroatoms. The third-order valence-electron chi connectivity index (χ3n) is 3.66. The van der Waals surface area contributed by atoms with Gasteiger partial charge in [-0.2, -0.15) is 0 Å². The van der Waals surface area contributed by atoms with E-state index >= 15 is 0 Å². The van der Waals surface area contributed by atoms with Gasteiger partial charge in [-0.25, -0.2) is 0 Å². The summed E-state index contributed by atoms with van der Waals surface area (Å²) in [6.45, 7) is 2.34. The fourth-order valence-electron chi connectivity index (χ4n) is 2.42. The van der Waals surface area contributed by atoms with E-state index in [-0.39, 0.29) is 24.2 Å². The number of methoxy groups -OCH3 is 1. The van der Waals surface area contributed by atoms with Crippen LogP contribution in [-0.2, 0) is 14.3 Å². The van der Waals surface area contributed by atoms with Crippen LogP contribution in [0.5, 0.6) is 5.75 Å². The van der Waals surface area contributed by atoms with Crippen molar-refractivity contribution in [2.75, 3.05) is 45.3 Å². The molecule has 1 aliphatic heterocycles. The molecule has 2 amide bonds. The molecule has 1 unspecified atom stereocenters. The van der Waals surface area contributed by atoms with Crippen molar-refractivity contribution in [1.82, 2.24) is 4.90 Å². The van der Waals surface area contributed by atoms with Gasteiger partial charge in [0.05, 0.1) is 12.5 Å². The van der Waals surface area contributed by atoms with Crippen LogP contribution in [0.4, 0.5) is 5.69 Å². The number of hydrogen-bond donors (Lipinski definition) is 2. The Kier molecular flexibility index (Phi) is 6.37. The maximum absolute atomic E-state index is 12.3. The molecule has 1 aliphatic rings. The highest BCUT2D eigenvalue weighted by Gasteiger charge is 2.33. The molecule has 0 radical (unpaired) electrons. The average Bonchev–Trinajstić information content (AvgIpc) is 2.93. The Labute approximate surface area is 135 Å². The van der Waals surface area contributed by atoms with Crippen molar-refractivity contribution in [2.24, 2.45) is 11.7 Å². The molecular weight excluding hydrogens is 298 g/mol. The summed E-state index contributed by atoms with van der Waals surface area (Å²) in [5.74, 6) is 0.226. The summed E-state index contributed by atoms with van der Waals surface area (Å²) in [5, 5.41) is 2.84. The number of nitrogens with two attached hydrogens (primary N) is 1. The highest BCUT2D eigenvalue weighted by Crippen LogP contribution is 2.21. The lowest BCUT2D eigenvalue weighted by Crippen LogP contribution is -2.30. The Bertz CT molecular complexity index is 533. The van der Waals surface area contributed by atoms with Gasteiger partial charge in [0, 0.05) is 38.9 Å². The van der Waals surface area contributed by atoms with Crippen LogP contribution in [0.15, 0.2) is 24.3 Å². The van der Waals surface area contributed by atoms with E-state index in [0.717, 1.165) is 0 Å². The summed E-state index contributed by atoms with van der Waals surface area (Å²) in [6, 6.07) is 7.08. The molecule has 1 aromatic carbocycles. The predicted octanol–water partition coefficient (Wildman–Crippen LogP) is 0.458. The molecule has 1 atom stereocenters. The number of amides is 2. The summed E-state index contributed by atoms with van der Waals surface area (Å²) in [5.41, 5.74) is 6.05. The van der Waals surface area contributed by atoms with Crippen LogP contribution in [-0.4, -0.2) is 56.7 Å². The van der Waals surface area contributed by atoms with Gasteiger partial charge in [-0.1, -0.05) is 0 Å². The van der Waals surface area contributed by atoms with Gasteiger partial charge in [0.1, 0.15) is 12.4 Å². The van der Waals surface area contributed by atoms with E-state index in [1.54, 1.807) is 36.3 Å². The summed E-state index contributed by atoms with van der Waals surface area (Å²) in [6.07, 6.45) is 0.243. The summed E-state index contributed by atoms with van der Waals surface area (Å²) >= 11 is 0. The third-order valence-corrected chi connectivity index (χ3v) is 3.66. The first kappa shape index (κ1) is 17.2. The highest BCUT2D eigenvalue weighted by atomic mass is 16.5. The summed E-state index contributed by atoms with van der Waals surface area (Å²) in [4.78, 5) is 25.8. The zero-order chi connectivity index (χ0) is 16.7. The predicted molar refractivity (Wildman–Crippen MR) is 86.2 cm³/mol. The second-order valence-electron chi connectivity index (χ2n) is 5.38. The largest absolute Gasteiger partial charge is 0.492 e. The highest BCUT2D eigenvalue weighted by molar-refractivity contribution is 5.97. The van der Waals surface area contributed by atoms with Crippen LogP contribution < -0.4 is 15.8 Å². The second kappa shape index (κ2) is 8.50. The number of rotatable bonds is 8. The number of benzene rings is 1. The molecule has 1 aromatic rings. The first-order chi connectivity index (χ1) is 11.1. The minimum atomic E-state index is -0.326. The molecule has 7 nitrogen and oxygen atoms in total. The van der Waals surface area contributed by atoms with Crippen LogP contribution in [0.2, 0.25) is 0 Å². The molecule has 0 spiro atoms. The molecule has 0 aliphatic carbocycles. The zero-order valence-corrected chi connectivity index (χ0v) is 13.3. The molecule has 3 N–H and O–H groups in total. The Morgan fingerprint density at radius 3 is 2.74 bits per heavy atom. The van der Waals surface area contributed by atoms with Gasteiger partial charge < -0.3 is 25.4 Å². The number of carbonyl (C=O) groups excluding carboxylic acids is 2. The van der Waals surface area contributed by atoms with Crippen molar-refractivity contribution in [3.8, 4) is 5.75 Å². The fraction of sp³-hybridized carbons (Fsp3) is 0.500. The lowest BCUT2D eigenvalue weighted by atomic mass is 10.1. The number of likely N-dealkylation sites (tertiary alicyclic amines) is 1. The molecule has 23 heavy (non-hydrogen) atoms. The molecule has 0 aromatic heterocycles. The van der Waals surface area contributed by atoms with E-state index in [9.17, 15) is 9.59 Å². The van der Waals surface area contributed by atoms with E-state index < -0.39 is 0 Å². The van der Waals surface area contributed by atoms with Crippen LogP contribution in [0.3, 0.4) is 0 Å². The normalized spacial score (nSPS) is 17.4. The van der Waals surface area contributed by atoms with Crippen molar-refractivity contribution >= 4 is 17.5 Å². The smallest absolute Gasteiger partial charge is 0.229 e. The van der Waals surface area contributed by atoms with Crippen molar-refractivity contribution in [2.45, 2.75) is 6.42 Å². The lowest BCUT2D eigenvalue weighted by molar-refractivity contribution is -0.128. The van der Waals surface area contributed by atoms with Crippen molar-refractivity contribution in [1.29, 1.82) is 0 Å². The minimum Gasteiger partial charge on any atom is -0.492 e. The lowest BCUT2D eigenvalue weighted by Gasteiger charge is -2.15. The first-order valence-corrected chi connectivity index (χ1v) is 7.64. The first-order valence-electron chi connectivity index (χ1n) is 7.64. The monoisotopic (exact) mass is 321 g/mol. The fourth-order valence-corrected chi connectivity index (χ4v) is 2.42. The number of ether oxygens (including phenoxy) is 2. The molecule has 0 bridgehead atoms. The Morgan fingerprint density at radius 1 is 1.35 bits per heavy atom. The van der Waals surface area contributed by atoms with E-state index in [4.69, 9.17) is 15.2 Å². The summed E-state index contributed by atoms with van der Waals surface area (Å²) in [7, 11) is 1.59. The molecule has 2 rings (SSSR count). The van der Waals surface area contributed by atoms with Crippen LogP contribution in [0, 0.1) is 5.92 Å². The van der Waals surface area contributed by atoms with Crippen molar-refractivity contribution < 1.29 is 19.1 Å². The summed E-state index contributed by atoms with van der Waals surface area (Å²) < 4.78 is 10.3. The molecule has 1 heterocycles. The SMILES string of the molecule is COCCN1CC(C(=O)Nc2ccc(OCCN)cc2)CC1=O. The Hall–Kier alpha value is -2.12. The quantitative estimate of drug-likeness (QED) is 0.725. The standard InChI is InChI=1S/C16H23N3O4/c1-22-9-7-19-11-12(10-15(19)20)16(21)18-13-2-4-14(5-3-13)23-8-6-17/h2-5,12H,6-11,17H2,1H3,(H,18,21). The number of anilines is 1. The zero-order valence-electron chi connectivity index (χ0n) is 13.3. The topological polar surface area (TPSA) is 93.9 Å². The van der Waals surface area contributed by atoms with E-state index in [1.807, 2.05) is 0 Å². The van der Waals surface area contributed by atoms with Crippen molar-refractivity contribution in [3.63, 3.8) is 0 Å². The van der Waals surface area contributed by atoms with Gasteiger partial charge in [-0.3, -0.25) is 9.59 Å². The number of hydrogen-bond acceptors (Lipinski definition) is 5. The average molecular weight is 321 g/mol. The third kappa shape index (κ3) is 4.94. The maximum Gasteiger partial charge on any atom is 0.229 e. The van der Waals surface area contributed by atoms with E-state index in [2.05, 4.69) is 5.32 Å². The number of nitrogens with zero attached hydrogens (tertiary/aromatic N) is 1. The van der Waals surface area contributed by atoms with E-state index in [1.165, 1.54) is 0 Å². The van der Waals surface area contributed by atoms with Gasteiger partial charge in [-0.05, 0) is 24.3 Å². The molecule has 1 saturated heterocycles. The minimum absolute atomic E-state index is 0.00673. The second-order valence-corrected chi connectivity index (χ2v) is 5.38. The molecule has 126 valence electrons. The Morgan fingerprint density at radius 2 is 2.09 bits per heavy atom. The van der Waals surface area contributed by atoms with Gasteiger partial charge in [0.2, 0.25) is 11.8 Å². The number of nitrogens with one attached hydrogen (secondary N) is 1. The van der Waals surface area contributed by atoms with E-state index in [0.29, 0.717) is 44.3 Å². The van der Waals surface area contributed by atoms with Gasteiger partial charge in [0.15, 0.2) is 0 Å². The maximum atomic E-state index is 12.3. The number of carbonyl (C=O) groups is 2. The molecule has 0 saturated carbocycles. The Balaban J connectivity index is 1.86. The molecule has 1 fully saturated rings. The van der Waals surface area contributed by atoms with Crippen LogP contribution in [0.1, 0.15) is 6.42 Å². The van der Waals surface area contributed by atoms with Gasteiger partial charge in [-0.15, -0.1) is 0 Å². The van der Waals surface area contributed by atoms with Crippen molar-refractivity contribution in [3.05, 3.63) is 24.3 Å². The van der Waals surface area contributed by atoms with Gasteiger partial charge in [0.25, 0.3) is 0 Å². The van der Waals surface area contributed by atoms with Gasteiger partial charge >= 0.3 is 0 Å². The van der Waals surface area contributed by atoms with Crippen LogP contribution >= 0.6 is 0 Å². The molecular formula is C16H23N3O4.